The molecule has 90 valence electrons. The monoisotopic (exact) mass is 239 g/mol. The highest BCUT2D eigenvalue weighted by atomic mass is 16.2. The molecule has 0 fully saturated rings. The first-order valence-corrected chi connectivity index (χ1v) is 5.43. The maximum absolute atomic E-state index is 9.61. The lowest BCUT2D eigenvalue weighted by Crippen LogP contribution is -1.77. The van der Waals surface area contributed by atoms with E-state index >= 15 is 0 Å². The molecule has 0 atom stereocenters. The third-order valence-corrected chi connectivity index (χ3v) is 2.08. The van der Waals surface area contributed by atoms with Crippen molar-refractivity contribution in [1.82, 2.24) is 0 Å². The van der Waals surface area contributed by atoms with E-state index in [0.29, 0.717) is 0 Å². The molecular formula is C15H13NO2. The number of benzene rings is 2. The summed E-state index contributed by atoms with van der Waals surface area (Å²) in [5, 5.41) is 0. The number of carbonyl (C=O) groups excluding carboxylic acids is 2. The van der Waals surface area contributed by atoms with Crippen LogP contribution in [-0.2, 0) is 9.59 Å². The van der Waals surface area contributed by atoms with E-state index in [-0.39, 0.29) is 0 Å². The standard InChI is InChI=1S/C12H10.C3H3NO2/c1-3-7-11(8-4-1)12-9-5-2-6-10-12;1-3(6)4-2-5/h1-10H;1H3. The normalized spacial score (nSPS) is 8.50. The quantitative estimate of drug-likeness (QED) is 0.566. The maximum atomic E-state index is 9.61. The van der Waals surface area contributed by atoms with Crippen LogP contribution in [0.1, 0.15) is 6.92 Å². The zero-order chi connectivity index (χ0) is 13.2. The van der Waals surface area contributed by atoms with Gasteiger partial charge in [-0.25, -0.2) is 4.79 Å². The van der Waals surface area contributed by atoms with Crippen molar-refractivity contribution >= 4 is 12.0 Å². The van der Waals surface area contributed by atoms with E-state index in [2.05, 4.69) is 53.5 Å². The van der Waals surface area contributed by atoms with Crippen LogP contribution in [0.3, 0.4) is 0 Å². The molecule has 2 aromatic carbocycles. The summed E-state index contributed by atoms with van der Waals surface area (Å²) in [6.45, 7) is 1.19. The minimum absolute atomic E-state index is 0.509. The average Bonchev–Trinajstić information content (AvgIpc) is 2.41. The largest absolute Gasteiger partial charge is 0.272 e. The molecule has 0 heterocycles. The van der Waals surface area contributed by atoms with Crippen molar-refractivity contribution in [2.75, 3.05) is 0 Å². The number of carbonyl (C=O) groups is 1. The number of nitrogens with zero attached hydrogens (tertiary/aromatic N) is 1. The highest BCUT2D eigenvalue weighted by Gasteiger charge is 1.91. The van der Waals surface area contributed by atoms with Gasteiger partial charge in [0, 0.05) is 6.92 Å². The molecule has 2 rings (SSSR count). The summed E-state index contributed by atoms with van der Waals surface area (Å²) in [5.41, 5.74) is 2.55. The van der Waals surface area contributed by atoms with Crippen LogP contribution < -0.4 is 0 Å². The summed E-state index contributed by atoms with van der Waals surface area (Å²) in [4.78, 5) is 21.4. The Morgan fingerprint density at radius 3 is 1.50 bits per heavy atom. The van der Waals surface area contributed by atoms with Crippen LogP contribution in [0.5, 0.6) is 0 Å². The van der Waals surface area contributed by atoms with Crippen LogP contribution in [0, 0.1) is 0 Å². The van der Waals surface area contributed by atoms with Gasteiger partial charge in [0.05, 0.1) is 0 Å². The van der Waals surface area contributed by atoms with Gasteiger partial charge in [0.25, 0.3) is 5.91 Å². The van der Waals surface area contributed by atoms with Gasteiger partial charge in [0.2, 0.25) is 6.08 Å². The molecule has 0 radical (unpaired) electrons. The van der Waals surface area contributed by atoms with Gasteiger partial charge in [0.15, 0.2) is 0 Å². The van der Waals surface area contributed by atoms with Crippen LogP contribution >= 0.6 is 0 Å². The Bertz CT molecular complexity index is 491. The Kier molecular flexibility index (Phi) is 5.81. The third-order valence-electron chi connectivity index (χ3n) is 2.08. The fourth-order valence-electron chi connectivity index (χ4n) is 1.33. The van der Waals surface area contributed by atoms with Crippen molar-refractivity contribution in [2.45, 2.75) is 6.92 Å². The number of aliphatic imine (C=N–C) groups is 1. The summed E-state index contributed by atoms with van der Waals surface area (Å²) in [5.74, 6) is -0.509. The Morgan fingerprint density at radius 1 is 0.889 bits per heavy atom. The molecule has 0 spiro atoms. The SMILES string of the molecule is CC(=O)N=C=O.c1ccc(-c2ccccc2)cc1. The first kappa shape index (κ1) is 13.6. The molecule has 2 aromatic rings. The summed E-state index contributed by atoms with van der Waals surface area (Å²) in [6, 6.07) is 20.8. The van der Waals surface area contributed by atoms with Gasteiger partial charge in [-0.05, 0) is 11.1 Å². The van der Waals surface area contributed by atoms with E-state index in [1.165, 1.54) is 18.1 Å². The Labute approximate surface area is 106 Å². The minimum Gasteiger partial charge on any atom is -0.272 e. The van der Waals surface area contributed by atoms with Gasteiger partial charge in [-0.3, -0.25) is 4.79 Å². The molecule has 1 amide bonds. The van der Waals surface area contributed by atoms with Gasteiger partial charge < -0.3 is 0 Å². The highest BCUT2D eigenvalue weighted by molar-refractivity contribution is 5.78. The molecule has 0 aromatic heterocycles. The van der Waals surface area contributed by atoms with Gasteiger partial charge in [-0.1, -0.05) is 60.7 Å². The predicted octanol–water partition coefficient (Wildman–Crippen LogP) is 3.22. The van der Waals surface area contributed by atoms with Gasteiger partial charge in [-0.15, -0.1) is 4.99 Å². The second-order valence-corrected chi connectivity index (χ2v) is 3.45. The van der Waals surface area contributed by atoms with Crippen molar-refractivity contribution < 1.29 is 9.59 Å². The van der Waals surface area contributed by atoms with Crippen LogP contribution in [0.25, 0.3) is 11.1 Å². The topological polar surface area (TPSA) is 46.5 Å². The first-order chi connectivity index (χ1) is 8.74. The van der Waals surface area contributed by atoms with Crippen molar-refractivity contribution in [2.24, 2.45) is 4.99 Å². The van der Waals surface area contributed by atoms with E-state index in [0.717, 1.165) is 6.08 Å². The second-order valence-electron chi connectivity index (χ2n) is 3.45. The molecule has 0 N–H and O–H groups in total. The number of isocyanates is 1. The van der Waals surface area contributed by atoms with E-state index in [9.17, 15) is 4.79 Å². The fraction of sp³-hybridized carbons (Fsp3) is 0.0667. The summed E-state index contributed by atoms with van der Waals surface area (Å²) < 4.78 is 0. The summed E-state index contributed by atoms with van der Waals surface area (Å²) in [7, 11) is 0. The zero-order valence-corrected chi connectivity index (χ0v) is 10.0. The van der Waals surface area contributed by atoms with Crippen LogP contribution in [0.4, 0.5) is 0 Å². The number of hydrogen-bond acceptors (Lipinski definition) is 2. The zero-order valence-electron chi connectivity index (χ0n) is 10.0. The smallest absolute Gasteiger partial charge is 0.253 e. The molecule has 0 unspecified atom stereocenters. The molecule has 0 saturated heterocycles. The predicted molar refractivity (Wildman–Crippen MR) is 70.7 cm³/mol. The van der Waals surface area contributed by atoms with Crippen molar-refractivity contribution in [3.8, 4) is 11.1 Å². The van der Waals surface area contributed by atoms with Crippen molar-refractivity contribution in [3.05, 3.63) is 60.7 Å². The molecule has 0 saturated carbocycles. The van der Waals surface area contributed by atoms with Gasteiger partial charge >= 0.3 is 0 Å². The molecule has 0 aliphatic rings. The Morgan fingerprint density at radius 2 is 1.28 bits per heavy atom. The van der Waals surface area contributed by atoms with Crippen LogP contribution in [0.2, 0.25) is 0 Å². The first-order valence-electron chi connectivity index (χ1n) is 5.43. The second kappa shape index (κ2) is 7.71. The molecule has 0 bridgehead atoms. The van der Waals surface area contributed by atoms with Crippen LogP contribution in [-0.4, -0.2) is 12.0 Å². The number of amides is 1. The summed E-state index contributed by atoms with van der Waals surface area (Å²) in [6.07, 6.45) is 1.09. The van der Waals surface area contributed by atoms with E-state index < -0.39 is 5.91 Å². The van der Waals surface area contributed by atoms with E-state index in [4.69, 9.17) is 4.79 Å². The number of hydrogen-bond donors (Lipinski definition) is 0. The van der Waals surface area contributed by atoms with Crippen LogP contribution in [0.15, 0.2) is 65.7 Å². The van der Waals surface area contributed by atoms with Gasteiger partial charge in [0.1, 0.15) is 0 Å². The lowest BCUT2D eigenvalue weighted by Gasteiger charge is -1.98. The highest BCUT2D eigenvalue weighted by Crippen LogP contribution is 2.17. The van der Waals surface area contributed by atoms with Crippen molar-refractivity contribution in [3.63, 3.8) is 0 Å². The molecule has 18 heavy (non-hydrogen) atoms. The Hall–Kier alpha value is -2.51. The average molecular weight is 239 g/mol. The lowest BCUT2D eigenvalue weighted by atomic mass is 10.1. The molecule has 3 nitrogen and oxygen atoms in total. The van der Waals surface area contributed by atoms with Crippen molar-refractivity contribution in [1.29, 1.82) is 0 Å². The fourth-order valence-corrected chi connectivity index (χ4v) is 1.33. The summed E-state index contributed by atoms with van der Waals surface area (Å²) >= 11 is 0. The minimum atomic E-state index is -0.509. The lowest BCUT2D eigenvalue weighted by molar-refractivity contribution is -0.115. The molecule has 0 aliphatic heterocycles. The molecule has 3 heteroatoms. The van der Waals surface area contributed by atoms with E-state index in [1.807, 2.05) is 12.1 Å². The van der Waals surface area contributed by atoms with E-state index in [1.54, 1.807) is 0 Å². The van der Waals surface area contributed by atoms with Gasteiger partial charge in [-0.2, -0.15) is 0 Å². The Balaban J connectivity index is 0.000000232. The maximum Gasteiger partial charge on any atom is 0.253 e. The third kappa shape index (κ3) is 5.01. The molecule has 0 aliphatic carbocycles. The molecular weight excluding hydrogens is 226 g/mol. The number of rotatable bonds is 1.